The maximum atomic E-state index is 11.4. The van der Waals surface area contributed by atoms with Crippen molar-refractivity contribution >= 4 is 11.5 Å². The fraction of sp³-hybridized carbons (Fsp3) is 0.571. The predicted octanol–water partition coefficient (Wildman–Crippen LogP) is 1.30. The minimum Gasteiger partial charge on any atom is -0.347 e. The maximum Gasteiger partial charge on any atom is 0.329 e. The number of hydrogen-bond donors (Lipinski definition) is 1. The summed E-state index contributed by atoms with van der Waals surface area (Å²) in [7, 11) is 0. The Kier molecular flexibility index (Phi) is 3.47. The number of aromatic nitrogens is 1. The van der Waals surface area contributed by atoms with Gasteiger partial charge in [0.2, 0.25) is 5.82 Å². The van der Waals surface area contributed by atoms with E-state index in [9.17, 15) is 10.1 Å². The number of nitriles is 1. The van der Waals surface area contributed by atoms with Crippen LogP contribution in [0.1, 0.15) is 18.9 Å². The molecule has 0 bridgehead atoms. The van der Waals surface area contributed by atoms with Crippen molar-refractivity contribution in [2.75, 3.05) is 24.5 Å². The first kappa shape index (κ1) is 13.8. The van der Waals surface area contributed by atoms with Crippen LogP contribution >= 0.6 is 0 Å². The van der Waals surface area contributed by atoms with Crippen LogP contribution in [0.5, 0.6) is 0 Å². The smallest absolute Gasteiger partial charge is 0.329 e. The Morgan fingerprint density at radius 2 is 2.43 bits per heavy atom. The molecule has 1 N–H and O–H groups in total. The van der Waals surface area contributed by atoms with E-state index in [-0.39, 0.29) is 17.3 Å². The monoisotopic (exact) mass is 287 g/mol. The lowest BCUT2D eigenvalue weighted by Gasteiger charge is -2.27. The van der Waals surface area contributed by atoms with Crippen molar-refractivity contribution < 1.29 is 4.92 Å². The number of fused-ring (bicyclic) bond motifs is 1. The van der Waals surface area contributed by atoms with Crippen molar-refractivity contribution in [2.24, 2.45) is 11.8 Å². The van der Waals surface area contributed by atoms with Crippen molar-refractivity contribution in [1.82, 2.24) is 10.3 Å². The topological polar surface area (TPSA) is 95.1 Å². The van der Waals surface area contributed by atoms with Gasteiger partial charge in [0.15, 0.2) is 0 Å². The molecular formula is C14H17N5O2. The summed E-state index contributed by atoms with van der Waals surface area (Å²) in [5, 5.41) is 23.9. The molecule has 0 aromatic carbocycles. The predicted molar refractivity (Wildman–Crippen MR) is 76.9 cm³/mol. The summed E-state index contributed by atoms with van der Waals surface area (Å²) in [5.41, 5.74) is -0.0820. The molecule has 0 saturated carbocycles. The van der Waals surface area contributed by atoms with E-state index in [2.05, 4.69) is 17.2 Å². The van der Waals surface area contributed by atoms with Gasteiger partial charge in [0.25, 0.3) is 0 Å². The minimum atomic E-state index is -0.486. The van der Waals surface area contributed by atoms with Crippen LogP contribution in [0.3, 0.4) is 0 Å². The molecule has 2 aliphatic heterocycles. The largest absolute Gasteiger partial charge is 0.347 e. The summed E-state index contributed by atoms with van der Waals surface area (Å²) in [5.74, 6) is 1.35. The van der Waals surface area contributed by atoms with Gasteiger partial charge in [-0.15, -0.1) is 0 Å². The zero-order valence-electron chi connectivity index (χ0n) is 11.8. The Morgan fingerprint density at radius 3 is 3.10 bits per heavy atom. The van der Waals surface area contributed by atoms with Gasteiger partial charge in [-0.25, -0.2) is 4.98 Å². The summed E-state index contributed by atoms with van der Waals surface area (Å²) in [6, 6.07) is 3.55. The molecule has 7 heteroatoms. The molecule has 2 saturated heterocycles. The lowest BCUT2D eigenvalue weighted by atomic mass is 9.93. The number of nitrogens with zero attached hydrogens (tertiary/aromatic N) is 4. The van der Waals surface area contributed by atoms with Gasteiger partial charge >= 0.3 is 5.69 Å². The van der Waals surface area contributed by atoms with Gasteiger partial charge in [-0.05, 0) is 24.3 Å². The third kappa shape index (κ3) is 2.12. The molecule has 1 aromatic rings. The molecule has 2 fully saturated rings. The quantitative estimate of drug-likeness (QED) is 0.665. The van der Waals surface area contributed by atoms with E-state index in [4.69, 9.17) is 5.26 Å². The number of hydrogen-bond acceptors (Lipinski definition) is 6. The van der Waals surface area contributed by atoms with E-state index in [0.29, 0.717) is 17.7 Å². The van der Waals surface area contributed by atoms with Crippen LogP contribution < -0.4 is 10.2 Å². The van der Waals surface area contributed by atoms with Crippen LogP contribution in [-0.4, -0.2) is 35.6 Å². The third-order valence-electron chi connectivity index (χ3n) is 4.62. The lowest BCUT2D eigenvalue weighted by Crippen LogP contribution is -2.36. The molecule has 3 rings (SSSR count). The van der Waals surface area contributed by atoms with Crippen LogP contribution in [0.2, 0.25) is 0 Å². The van der Waals surface area contributed by atoms with Crippen molar-refractivity contribution in [3.63, 3.8) is 0 Å². The van der Waals surface area contributed by atoms with Crippen LogP contribution in [0, 0.1) is 33.3 Å². The number of nitro groups is 1. The van der Waals surface area contributed by atoms with Gasteiger partial charge in [-0.3, -0.25) is 10.1 Å². The fourth-order valence-electron chi connectivity index (χ4n) is 3.71. The van der Waals surface area contributed by atoms with Gasteiger partial charge in [-0.1, -0.05) is 6.92 Å². The second-order valence-corrected chi connectivity index (χ2v) is 5.61. The zero-order chi connectivity index (χ0) is 15.0. The SMILES string of the molecule is CCC1C2CNCC2CN1c1nccc(C#N)c1[N+](=O)[O-]. The molecule has 110 valence electrons. The van der Waals surface area contributed by atoms with Gasteiger partial charge in [-0.2, -0.15) is 5.26 Å². The second kappa shape index (κ2) is 5.30. The molecule has 1 aromatic heterocycles. The summed E-state index contributed by atoms with van der Waals surface area (Å²) >= 11 is 0. The van der Waals surface area contributed by atoms with Gasteiger partial charge < -0.3 is 10.2 Å². The summed E-state index contributed by atoms with van der Waals surface area (Å²) in [4.78, 5) is 17.2. The first-order chi connectivity index (χ1) is 10.2. The van der Waals surface area contributed by atoms with E-state index < -0.39 is 4.92 Å². The highest BCUT2D eigenvalue weighted by Crippen LogP contribution is 2.40. The number of rotatable bonds is 3. The molecule has 0 aliphatic carbocycles. The van der Waals surface area contributed by atoms with Gasteiger partial charge in [0.05, 0.1) is 4.92 Å². The van der Waals surface area contributed by atoms with Crippen molar-refractivity contribution in [3.05, 3.63) is 27.9 Å². The molecule has 2 aliphatic rings. The van der Waals surface area contributed by atoms with Crippen LogP contribution in [0.15, 0.2) is 12.3 Å². The summed E-state index contributed by atoms with van der Waals surface area (Å²) in [6.45, 7) is 4.76. The molecule has 3 atom stereocenters. The second-order valence-electron chi connectivity index (χ2n) is 5.61. The highest BCUT2D eigenvalue weighted by atomic mass is 16.6. The highest BCUT2D eigenvalue weighted by Gasteiger charge is 2.45. The van der Waals surface area contributed by atoms with Crippen LogP contribution in [0.25, 0.3) is 0 Å². The van der Waals surface area contributed by atoms with Gasteiger partial charge in [0.1, 0.15) is 11.6 Å². The number of anilines is 1. The molecule has 3 unspecified atom stereocenters. The molecule has 21 heavy (non-hydrogen) atoms. The lowest BCUT2D eigenvalue weighted by molar-refractivity contribution is -0.384. The molecule has 7 nitrogen and oxygen atoms in total. The molecule has 3 heterocycles. The van der Waals surface area contributed by atoms with E-state index in [1.807, 2.05) is 11.0 Å². The van der Waals surface area contributed by atoms with Crippen molar-refractivity contribution in [3.8, 4) is 6.07 Å². The minimum absolute atomic E-state index is 0.0787. The first-order valence-electron chi connectivity index (χ1n) is 7.18. The average molecular weight is 287 g/mol. The Labute approximate surface area is 122 Å². The van der Waals surface area contributed by atoms with Crippen molar-refractivity contribution in [1.29, 1.82) is 5.26 Å². The average Bonchev–Trinajstić information content (AvgIpc) is 3.06. The number of nitrogens with one attached hydrogen (secondary N) is 1. The molecule has 0 radical (unpaired) electrons. The Bertz CT molecular complexity index is 612. The number of pyridine rings is 1. The first-order valence-corrected chi connectivity index (χ1v) is 7.18. The Hall–Kier alpha value is -2.20. The fourth-order valence-corrected chi connectivity index (χ4v) is 3.71. The standard InChI is InChI=1S/C14H17N5O2/c1-2-12-11-7-16-6-10(11)8-18(12)14-13(19(20)21)9(5-15)3-4-17-14/h3-4,10-12,16H,2,6-8H2,1H3. The van der Waals surface area contributed by atoms with E-state index in [1.54, 1.807) is 0 Å². The van der Waals surface area contributed by atoms with Crippen LogP contribution in [-0.2, 0) is 0 Å². The van der Waals surface area contributed by atoms with E-state index in [0.717, 1.165) is 26.1 Å². The van der Waals surface area contributed by atoms with Gasteiger partial charge in [0, 0.05) is 31.9 Å². The van der Waals surface area contributed by atoms with E-state index in [1.165, 1.54) is 12.3 Å². The zero-order valence-corrected chi connectivity index (χ0v) is 11.8. The Morgan fingerprint density at radius 1 is 1.62 bits per heavy atom. The van der Waals surface area contributed by atoms with E-state index >= 15 is 0 Å². The summed E-state index contributed by atoms with van der Waals surface area (Å²) < 4.78 is 0. The van der Waals surface area contributed by atoms with Crippen LogP contribution in [0.4, 0.5) is 11.5 Å². The van der Waals surface area contributed by atoms with Crippen molar-refractivity contribution in [2.45, 2.75) is 19.4 Å². The third-order valence-corrected chi connectivity index (χ3v) is 4.62. The molecular weight excluding hydrogens is 270 g/mol. The molecule has 0 amide bonds. The molecule has 0 spiro atoms. The Balaban J connectivity index is 2.05. The maximum absolute atomic E-state index is 11.4. The summed E-state index contributed by atoms with van der Waals surface area (Å²) in [6.07, 6.45) is 2.40. The normalized spacial score (nSPS) is 27.4. The highest BCUT2D eigenvalue weighted by molar-refractivity contribution is 5.66.